The summed E-state index contributed by atoms with van der Waals surface area (Å²) in [6.45, 7) is 2.40. The van der Waals surface area contributed by atoms with Crippen LogP contribution in [0.2, 0.25) is 0 Å². The maximum Gasteiger partial charge on any atom is 0.469 e. The van der Waals surface area contributed by atoms with Gasteiger partial charge in [-0.3, -0.25) is 4.52 Å². The van der Waals surface area contributed by atoms with E-state index >= 15 is 0 Å². The molecule has 0 aromatic carbocycles. The van der Waals surface area contributed by atoms with Gasteiger partial charge >= 0.3 is 46.9 Å². The molecule has 43 heavy (non-hydrogen) atoms. The molecule has 0 bridgehead atoms. The van der Waals surface area contributed by atoms with E-state index in [0.717, 1.165) is 19.3 Å². The van der Waals surface area contributed by atoms with Crippen molar-refractivity contribution in [3.05, 3.63) is 0 Å². The first-order valence-corrected chi connectivity index (χ1v) is 20.5. The Bertz CT molecular complexity index is 734. The molecular weight excluding hydrogens is 726 g/mol. The van der Waals surface area contributed by atoms with Crippen molar-refractivity contribution in [3.63, 3.8) is 0 Å². The molecule has 0 aromatic heterocycles. The maximum atomic E-state index is 10.4. The average molecular weight is 770 g/mol. The van der Waals surface area contributed by atoms with Crippen molar-refractivity contribution in [2.75, 3.05) is 6.61 Å². The fourth-order valence-corrected chi connectivity index (χ4v) is 2.32. The van der Waals surface area contributed by atoms with Gasteiger partial charge in [-0.1, -0.05) is 71.1 Å². The number of phosphoric ester groups is 1. The minimum absolute atomic E-state index is 0.168. The topological polar surface area (TPSA) is 456 Å². The lowest BCUT2D eigenvalue weighted by Gasteiger charge is -2.05. The van der Waals surface area contributed by atoms with Gasteiger partial charge in [0.25, 0.3) is 0 Å². The van der Waals surface area contributed by atoms with Crippen LogP contribution in [0.3, 0.4) is 0 Å². The Kier molecular flexibility index (Phi) is 39.1. The minimum atomic E-state index is -4.64. The van der Waals surface area contributed by atoms with Crippen LogP contribution in [0.5, 0.6) is 0 Å². The number of rotatable bonds is 13. The fraction of sp³-hybridized carbons (Fsp3) is 1.00. The van der Waals surface area contributed by atoms with Gasteiger partial charge in [-0.2, -0.15) is 0 Å². The van der Waals surface area contributed by atoms with Gasteiger partial charge in [0.2, 0.25) is 0 Å². The van der Waals surface area contributed by atoms with E-state index in [1.54, 1.807) is 0 Å². The normalized spacial score (nSPS) is 11.9. The molecule has 0 aliphatic rings. The van der Waals surface area contributed by atoms with Gasteiger partial charge in [-0.05, 0) is 6.42 Å². The van der Waals surface area contributed by atoms with Crippen LogP contribution in [0, 0.1) is 0 Å². The molecule has 0 fully saturated rings. The fourth-order valence-electron chi connectivity index (χ4n) is 1.95. The van der Waals surface area contributed by atoms with E-state index in [9.17, 15) is 4.57 Å². The van der Waals surface area contributed by atoms with E-state index in [0.29, 0.717) is 0 Å². The zero-order valence-electron chi connectivity index (χ0n) is 22.6. The molecule has 0 amide bonds. The summed E-state index contributed by atoms with van der Waals surface area (Å²) in [6.07, 6.45) is 13.5. The summed E-state index contributed by atoms with van der Waals surface area (Å²) in [5.41, 5.74) is 0. The molecule has 0 aromatic rings. The number of phosphoric acid groups is 6. The van der Waals surface area contributed by atoms with Crippen LogP contribution in [0.4, 0.5) is 0 Å². The lowest BCUT2D eigenvalue weighted by atomic mass is 10.1. The Balaban J connectivity index is -0.000000112. The molecule has 0 heterocycles. The van der Waals surface area contributed by atoms with Crippen molar-refractivity contribution in [2.45, 2.75) is 77.6 Å². The first-order chi connectivity index (χ1) is 18.6. The van der Waals surface area contributed by atoms with Crippen molar-refractivity contribution in [1.29, 1.82) is 0 Å². The van der Waals surface area contributed by atoms with Gasteiger partial charge in [0.15, 0.2) is 0 Å². The van der Waals surface area contributed by atoms with Crippen LogP contribution in [0.1, 0.15) is 77.6 Å². The Morgan fingerprint density at radius 1 is 0.349 bits per heavy atom. The molecule has 270 valence electrons. The SMILES string of the molecule is CCCCCCCCCCCCCOP(=O)(O)O.O=P(O)(O)O.O=P(O)(O)O.O=P(O)(O)O.O=P(O)(O)O.O=P(O)(O)O. The van der Waals surface area contributed by atoms with Crippen molar-refractivity contribution >= 4 is 46.9 Å². The van der Waals surface area contributed by atoms with Crippen molar-refractivity contribution in [3.8, 4) is 0 Å². The van der Waals surface area contributed by atoms with Crippen molar-refractivity contribution in [2.24, 2.45) is 0 Å². The van der Waals surface area contributed by atoms with Crippen molar-refractivity contribution < 1.29 is 115 Å². The minimum Gasteiger partial charge on any atom is -0.303 e. The molecule has 0 aliphatic heterocycles. The van der Waals surface area contributed by atoms with E-state index < -0.39 is 46.9 Å². The molecule has 24 nitrogen and oxygen atoms in total. The molecule has 0 atom stereocenters. The molecule has 30 heteroatoms. The van der Waals surface area contributed by atoms with Crippen LogP contribution in [-0.4, -0.2) is 89.8 Å². The van der Waals surface area contributed by atoms with Gasteiger partial charge in [-0.15, -0.1) is 0 Å². The van der Waals surface area contributed by atoms with Crippen LogP contribution >= 0.6 is 46.9 Å². The Hall–Kier alpha value is 0.660. The molecule has 0 aliphatic carbocycles. The Labute approximate surface area is 246 Å². The lowest BCUT2D eigenvalue weighted by Crippen LogP contribution is -1.92. The number of hydrogen-bond acceptors (Lipinski definition) is 7. The second kappa shape index (κ2) is 30.0. The molecule has 17 N–H and O–H groups in total. The van der Waals surface area contributed by atoms with Crippen LogP contribution in [-0.2, 0) is 31.9 Å². The van der Waals surface area contributed by atoms with Crippen molar-refractivity contribution in [1.82, 2.24) is 0 Å². The zero-order chi connectivity index (χ0) is 36.2. The lowest BCUT2D eigenvalue weighted by molar-refractivity contribution is 0.193. The first kappa shape index (κ1) is 56.0. The van der Waals surface area contributed by atoms with Gasteiger partial charge in [0.1, 0.15) is 0 Å². The van der Waals surface area contributed by atoms with Crippen LogP contribution in [0.15, 0.2) is 0 Å². The highest BCUT2D eigenvalue weighted by Crippen LogP contribution is 2.35. The highest BCUT2D eigenvalue weighted by molar-refractivity contribution is 7.46. The Morgan fingerprint density at radius 3 is 0.674 bits per heavy atom. The van der Waals surface area contributed by atoms with E-state index in [2.05, 4.69) is 11.4 Å². The maximum absolute atomic E-state index is 10.4. The predicted octanol–water partition coefficient (Wildman–Crippen LogP) is -0.236. The predicted molar refractivity (Wildman–Crippen MR) is 146 cm³/mol. The molecule has 0 saturated carbocycles. The number of unbranched alkanes of at least 4 members (excludes halogenated alkanes) is 10. The first-order valence-electron chi connectivity index (χ1n) is 11.2. The summed E-state index contributed by atoms with van der Waals surface area (Å²) in [7, 11) is -27.4. The number of hydrogen-bond donors (Lipinski definition) is 17. The summed E-state index contributed by atoms with van der Waals surface area (Å²) < 4.78 is 59.2. The molecule has 0 unspecified atom stereocenters. The molecule has 0 radical (unpaired) electrons. The van der Waals surface area contributed by atoms with Crippen LogP contribution < -0.4 is 0 Å². The largest absolute Gasteiger partial charge is 0.469 e. The summed E-state index contributed by atoms with van der Waals surface area (Å²) in [5, 5.41) is 0. The van der Waals surface area contributed by atoms with E-state index in [-0.39, 0.29) is 6.61 Å². The zero-order valence-corrected chi connectivity index (χ0v) is 28.0. The monoisotopic (exact) mass is 770 g/mol. The smallest absolute Gasteiger partial charge is 0.303 e. The van der Waals surface area contributed by atoms with E-state index in [4.69, 9.17) is 106 Å². The molecule has 0 saturated heterocycles. The highest BCUT2D eigenvalue weighted by Gasteiger charge is 2.12. The van der Waals surface area contributed by atoms with Gasteiger partial charge in [-0.25, -0.2) is 27.4 Å². The summed E-state index contributed by atoms with van der Waals surface area (Å²) >= 11 is 0. The molecule has 0 spiro atoms. The van der Waals surface area contributed by atoms with E-state index in [1.165, 1.54) is 51.4 Å². The third-order valence-corrected chi connectivity index (χ3v) is 3.53. The Morgan fingerprint density at radius 2 is 0.512 bits per heavy atom. The summed E-state index contributed by atoms with van der Waals surface area (Å²) in [6, 6.07) is 0. The standard InChI is InChI=1S/C13H29O4P.5H3O4P/c1-2-3-4-5-6-7-8-9-10-11-12-13-17-18(14,15)16;5*1-5(2,3)4/h2-13H2,1H3,(H2,14,15,16);5*(H3,1,2,3,4). The second-order valence-corrected chi connectivity index (χ2v) is 13.8. The molecule has 0 rings (SSSR count). The van der Waals surface area contributed by atoms with Crippen LogP contribution in [0.25, 0.3) is 0 Å². The van der Waals surface area contributed by atoms with Gasteiger partial charge in [0.05, 0.1) is 6.61 Å². The molecular formula is C13H44O24P6. The summed E-state index contributed by atoms with van der Waals surface area (Å²) in [5.74, 6) is 0. The second-order valence-electron chi connectivity index (χ2n) is 7.43. The third-order valence-electron chi connectivity index (χ3n) is 3.01. The average Bonchev–Trinajstić information content (AvgIpc) is 2.61. The van der Waals surface area contributed by atoms with E-state index in [1.807, 2.05) is 0 Å². The highest BCUT2D eigenvalue weighted by atomic mass is 31.2. The van der Waals surface area contributed by atoms with Gasteiger partial charge in [0, 0.05) is 0 Å². The third kappa shape index (κ3) is 288. The quantitative estimate of drug-likeness (QED) is 0.0848. The van der Waals surface area contributed by atoms with Gasteiger partial charge < -0.3 is 83.2 Å². The summed E-state index contributed by atoms with van der Waals surface area (Å²) in [4.78, 5) is 125.